The van der Waals surface area contributed by atoms with Crippen LogP contribution in [0, 0.1) is 6.92 Å². The number of aromatic nitrogens is 1. The SMILES string of the molecule is CNC(=O)[C@@](C)(NC(=O)C(=O)c1c(C)c(C(=O)NC2=CCC(F)C(F)=C2)n2c1CCC2)C(F)(F)F. The Morgan fingerprint density at radius 3 is 2.40 bits per heavy atom. The summed E-state index contributed by atoms with van der Waals surface area (Å²) < 4.78 is 69.0. The molecule has 2 atom stereocenters. The molecule has 3 amide bonds. The number of ketones is 1. The number of nitrogens with one attached hydrogen (secondary N) is 3. The molecule has 1 aromatic rings. The molecule has 35 heavy (non-hydrogen) atoms. The van der Waals surface area contributed by atoms with Gasteiger partial charge in [-0.3, -0.25) is 19.2 Å². The molecule has 13 heteroatoms. The monoisotopic (exact) mass is 502 g/mol. The lowest BCUT2D eigenvalue weighted by Gasteiger charge is -2.30. The van der Waals surface area contributed by atoms with Gasteiger partial charge in [0.2, 0.25) is 5.54 Å². The molecule has 3 N–H and O–H groups in total. The number of allylic oxidation sites excluding steroid dienone is 3. The highest BCUT2D eigenvalue weighted by Gasteiger charge is 2.58. The van der Waals surface area contributed by atoms with Gasteiger partial charge in [0.1, 0.15) is 11.5 Å². The molecular formula is C22H23F5N4O4. The minimum absolute atomic E-state index is 0.00601. The third-order valence-corrected chi connectivity index (χ3v) is 6.07. The Hall–Kier alpha value is -3.51. The topological polar surface area (TPSA) is 109 Å². The molecule has 1 aromatic heterocycles. The summed E-state index contributed by atoms with van der Waals surface area (Å²) in [6.45, 7) is 2.08. The van der Waals surface area contributed by atoms with Gasteiger partial charge in [-0.05, 0) is 38.3 Å². The van der Waals surface area contributed by atoms with Crippen LogP contribution in [0.2, 0.25) is 0 Å². The standard InChI is InChI=1S/C22H23F5N4O4/c1-10-15(17(32)19(34)30-21(2,20(35)28-3)22(25,26)27)14-5-4-8-31(14)16(10)18(33)29-11-6-7-12(23)13(24)9-11/h6,9,12H,4-5,7-8H2,1-3H3,(H,28,35)(H,29,33)(H,30,34)/t12?,21-/m1/s1. The molecule has 8 nitrogen and oxygen atoms in total. The van der Waals surface area contributed by atoms with Gasteiger partial charge in [0.25, 0.3) is 23.5 Å². The van der Waals surface area contributed by atoms with E-state index in [0.717, 1.165) is 13.1 Å². The second kappa shape index (κ2) is 9.27. The maximum absolute atomic E-state index is 13.6. The first-order valence-corrected chi connectivity index (χ1v) is 10.6. The summed E-state index contributed by atoms with van der Waals surface area (Å²) >= 11 is 0. The van der Waals surface area contributed by atoms with Crippen molar-refractivity contribution in [2.75, 3.05) is 7.05 Å². The highest BCUT2D eigenvalue weighted by molar-refractivity contribution is 6.44. The summed E-state index contributed by atoms with van der Waals surface area (Å²) in [5.74, 6) is -6.39. The average molecular weight is 502 g/mol. The lowest BCUT2D eigenvalue weighted by Crippen LogP contribution is -2.65. The van der Waals surface area contributed by atoms with Gasteiger partial charge < -0.3 is 20.5 Å². The highest BCUT2D eigenvalue weighted by Crippen LogP contribution is 2.32. The van der Waals surface area contributed by atoms with Crippen LogP contribution < -0.4 is 16.0 Å². The molecule has 0 radical (unpaired) electrons. The highest BCUT2D eigenvalue weighted by atomic mass is 19.4. The molecule has 1 aliphatic heterocycles. The van der Waals surface area contributed by atoms with Gasteiger partial charge in [0.15, 0.2) is 6.17 Å². The summed E-state index contributed by atoms with van der Waals surface area (Å²) in [6.07, 6.45) is -4.42. The Bertz CT molecular complexity index is 1170. The summed E-state index contributed by atoms with van der Waals surface area (Å²) in [5.41, 5.74) is -3.32. The van der Waals surface area contributed by atoms with E-state index >= 15 is 0 Å². The van der Waals surface area contributed by atoms with E-state index in [1.807, 2.05) is 5.32 Å². The van der Waals surface area contributed by atoms with Gasteiger partial charge in [-0.15, -0.1) is 0 Å². The summed E-state index contributed by atoms with van der Waals surface area (Å²) in [4.78, 5) is 50.4. The molecule has 190 valence electrons. The van der Waals surface area contributed by atoms with Crippen LogP contribution in [0.25, 0.3) is 0 Å². The van der Waals surface area contributed by atoms with E-state index in [9.17, 15) is 41.1 Å². The second-order valence-electron chi connectivity index (χ2n) is 8.38. The summed E-state index contributed by atoms with van der Waals surface area (Å²) in [5, 5.41) is 5.72. The molecular weight excluding hydrogens is 479 g/mol. The minimum atomic E-state index is -5.21. The Balaban J connectivity index is 1.93. The van der Waals surface area contributed by atoms with E-state index in [4.69, 9.17) is 0 Å². The van der Waals surface area contributed by atoms with Crippen molar-refractivity contribution in [3.05, 3.63) is 46.2 Å². The second-order valence-corrected chi connectivity index (χ2v) is 8.38. The van der Waals surface area contributed by atoms with E-state index in [0.29, 0.717) is 19.9 Å². The molecule has 0 bridgehead atoms. The number of hydrogen-bond donors (Lipinski definition) is 3. The van der Waals surface area contributed by atoms with Crippen molar-refractivity contribution in [1.29, 1.82) is 0 Å². The van der Waals surface area contributed by atoms with E-state index in [-0.39, 0.29) is 41.1 Å². The number of carbonyl (C=O) groups excluding carboxylic acids is 4. The molecule has 0 fully saturated rings. The van der Waals surface area contributed by atoms with Crippen molar-refractivity contribution < 1.29 is 41.1 Å². The van der Waals surface area contributed by atoms with Crippen LogP contribution >= 0.6 is 0 Å². The first-order chi connectivity index (χ1) is 16.2. The number of nitrogens with zero attached hydrogens (tertiary/aromatic N) is 1. The maximum atomic E-state index is 13.6. The molecule has 1 aliphatic carbocycles. The van der Waals surface area contributed by atoms with E-state index in [1.54, 1.807) is 0 Å². The largest absolute Gasteiger partial charge is 0.420 e. The van der Waals surface area contributed by atoms with Crippen LogP contribution in [-0.4, -0.2) is 53.0 Å². The maximum Gasteiger partial charge on any atom is 0.420 e. The average Bonchev–Trinajstić information content (AvgIpc) is 3.33. The summed E-state index contributed by atoms with van der Waals surface area (Å²) in [6, 6.07) is 0. The zero-order chi connectivity index (χ0) is 26.3. The van der Waals surface area contributed by atoms with Crippen LogP contribution in [0.4, 0.5) is 22.0 Å². The fourth-order valence-corrected chi connectivity index (χ4v) is 4.13. The zero-order valence-electron chi connectivity index (χ0n) is 19.0. The number of hydrogen-bond acceptors (Lipinski definition) is 4. The van der Waals surface area contributed by atoms with Crippen molar-refractivity contribution in [1.82, 2.24) is 20.5 Å². The summed E-state index contributed by atoms with van der Waals surface area (Å²) in [7, 11) is 0.951. The fourth-order valence-electron chi connectivity index (χ4n) is 4.13. The van der Waals surface area contributed by atoms with Crippen molar-refractivity contribution in [3.8, 4) is 0 Å². The van der Waals surface area contributed by atoms with Crippen molar-refractivity contribution in [2.24, 2.45) is 0 Å². The minimum Gasteiger partial charge on any atom is -0.357 e. The van der Waals surface area contributed by atoms with Gasteiger partial charge in [-0.1, -0.05) is 6.08 Å². The number of likely N-dealkylation sites (N-methyl/N-ethyl adjacent to an activating group) is 1. The lowest BCUT2D eigenvalue weighted by molar-refractivity contribution is -0.196. The van der Waals surface area contributed by atoms with Crippen LogP contribution in [0.5, 0.6) is 0 Å². The molecule has 2 aliphatic rings. The fraction of sp³-hybridized carbons (Fsp3) is 0.455. The lowest BCUT2D eigenvalue weighted by atomic mass is 9.98. The molecule has 2 heterocycles. The third-order valence-electron chi connectivity index (χ3n) is 6.07. The zero-order valence-corrected chi connectivity index (χ0v) is 19.0. The molecule has 0 saturated heterocycles. The van der Waals surface area contributed by atoms with E-state index in [2.05, 4.69) is 5.32 Å². The quantitative estimate of drug-likeness (QED) is 0.315. The Labute approximate surface area is 196 Å². The predicted octanol–water partition coefficient (Wildman–Crippen LogP) is 2.32. The van der Waals surface area contributed by atoms with E-state index < -0.39 is 47.2 Å². The van der Waals surface area contributed by atoms with Gasteiger partial charge in [0.05, 0.1) is 5.56 Å². The van der Waals surface area contributed by atoms with Crippen LogP contribution in [0.1, 0.15) is 51.9 Å². The normalized spacial score (nSPS) is 19.1. The Morgan fingerprint density at radius 2 is 1.83 bits per heavy atom. The van der Waals surface area contributed by atoms with Gasteiger partial charge >= 0.3 is 6.18 Å². The van der Waals surface area contributed by atoms with E-state index in [1.165, 1.54) is 22.9 Å². The van der Waals surface area contributed by atoms with Gasteiger partial charge in [-0.2, -0.15) is 13.2 Å². The number of carbonyl (C=O) groups is 4. The van der Waals surface area contributed by atoms with Crippen molar-refractivity contribution in [2.45, 2.75) is 57.5 Å². The first kappa shape index (κ1) is 26.1. The molecule has 3 rings (SSSR count). The van der Waals surface area contributed by atoms with Crippen molar-refractivity contribution >= 4 is 23.5 Å². The number of amides is 3. The number of rotatable bonds is 6. The van der Waals surface area contributed by atoms with Gasteiger partial charge in [0, 0.05) is 31.4 Å². The number of Topliss-reactive ketones (excluding diaryl/α,β-unsaturated/α-hetero) is 1. The number of alkyl halides is 4. The number of halogens is 5. The van der Waals surface area contributed by atoms with Crippen LogP contribution in [0.3, 0.4) is 0 Å². The number of fused-ring (bicyclic) bond motifs is 1. The van der Waals surface area contributed by atoms with Crippen LogP contribution in [-0.2, 0) is 22.6 Å². The van der Waals surface area contributed by atoms with Crippen LogP contribution in [0.15, 0.2) is 23.7 Å². The third kappa shape index (κ3) is 4.58. The molecule has 1 unspecified atom stereocenters. The Kier molecular flexibility index (Phi) is 6.91. The predicted molar refractivity (Wildman–Crippen MR) is 113 cm³/mol. The Morgan fingerprint density at radius 1 is 1.17 bits per heavy atom. The van der Waals surface area contributed by atoms with Gasteiger partial charge in [-0.25, -0.2) is 8.78 Å². The van der Waals surface area contributed by atoms with Crippen molar-refractivity contribution in [3.63, 3.8) is 0 Å². The molecule has 0 spiro atoms. The first-order valence-electron chi connectivity index (χ1n) is 10.6. The smallest absolute Gasteiger partial charge is 0.357 e. The molecule has 0 aromatic carbocycles. The molecule has 0 saturated carbocycles.